The molecule has 35 heavy (non-hydrogen) atoms. The van der Waals surface area contributed by atoms with Gasteiger partial charge in [-0.1, -0.05) is 5.16 Å². The van der Waals surface area contributed by atoms with Gasteiger partial charge >= 0.3 is 11.9 Å². The van der Waals surface area contributed by atoms with Crippen LogP contribution >= 0.6 is 0 Å². The van der Waals surface area contributed by atoms with Gasteiger partial charge in [-0.25, -0.2) is 14.2 Å². The number of rotatable bonds is 6. The number of nitrogens with zero attached hydrogens (tertiary/aromatic N) is 4. The fourth-order valence-electron chi connectivity index (χ4n) is 4.14. The molecule has 1 aliphatic heterocycles. The third-order valence-electron chi connectivity index (χ3n) is 5.74. The molecular weight excluding hydrogens is 474 g/mol. The molecular formula is C22H19F4N5O4. The van der Waals surface area contributed by atoms with E-state index in [9.17, 15) is 22.4 Å². The van der Waals surface area contributed by atoms with Crippen molar-refractivity contribution in [1.82, 2.24) is 20.1 Å². The SMILES string of the molecule is O=c1[nH]c(C2CCN(c3nc(COCC(F)(F)F)cnc3-c3cc(F)c4occc4c3)CC2)no1. The van der Waals surface area contributed by atoms with Gasteiger partial charge in [0.15, 0.2) is 23.0 Å². The molecule has 4 heterocycles. The number of hydrogen-bond donors (Lipinski definition) is 1. The summed E-state index contributed by atoms with van der Waals surface area (Å²) in [6.07, 6.45) is -0.553. The molecule has 0 amide bonds. The normalized spacial score (nSPS) is 15.3. The smallest absolute Gasteiger partial charge is 0.438 e. The molecule has 1 aliphatic rings. The van der Waals surface area contributed by atoms with Crippen LogP contribution in [0.25, 0.3) is 22.2 Å². The highest BCUT2D eigenvalue weighted by atomic mass is 19.4. The van der Waals surface area contributed by atoms with Crippen LogP contribution in [0.4, 0.5) is 23.4 Å². The Morgan fingerprint density at radius 1 is 1.23 bits per heavy atom. The zero-order chi connectivity index (χ0) is 24.6. The zero-order valence-corrected chi connectivity index (χ0v) is 18.1. The molecule has 0 radical (unpaired) electrons. The Hall–Kier alpha value is -3.74. The number of aromatic amines is 1. The third-order valence-corrected chi connectivity index (χ3v) is 5.74. The molecule has 1 fully saturated rings. The van der Waals surface area contributed by atoms with E-state index in [1.54, 1.807) is 12.1 Å². The highest BCUT2D eigenvalue weighted by Gasteiger charge is 2.29. The van der Waals surface area contributed by atoms with Gasteiger partial charge in [0, 0.05) is 30.0 Å². The third kappa shape index (κ3) is 5.04. The molecule has 5 rings (SSSR count). The summed E-state index contributed by atoms with van der Waals surface area (Å²) < 4.78 is 66.6. The molecule has 0 saturated carbocycles. The molecule has 4 aromatic rings. The Morgan fingerprint density at radius 2 is 2.03 bits per heavy atom. The molecule has 184 valence electrons. The van der Waals surface area contributed by atoms with E-state index in [0.717, 1.165) is 0 Å². The number of fused-ring (bicyclic) bond motifs is 1. The Kier molecular flexibility index (Phi) is 6.01. The van der Waals surface area contributed by atoms with Crippen molar-refractivity contribution in [2.45, 2.75) is 31.5 Å². The standard InChI is InChI=1S/C22H19F4N5O4/c23-16-8-14(7-13-3-6-34-18(13)16)17-20(28-15(9-27-17)10-33-11-22(24,25)26)31-4-1-12(2-5-31)19-29-21(32)35-30-19/h3,6-9,12H,1-2,4-5,10-11H2,(H,29,30,32). The summed E-state index contributed by atoms with van der Waals surface area (Å²) in [4.78, 5) is 24.7. The fraction of sp³-hybridized carbons (Fsp3) is 0.364. The van der Waals surface area contributed by atoms with Crippen LogP contribution in [-0.2, 0) is 11.3 Å². The Labute approximate surface area is 194 Å². The highest BCUT2D eigenvalue weighted by molar-refractivity contribution is 5.85. The lowest BCUT2D eigenvalue weighted by Gasteiger charge is -2.32. The first-order chi connectivity index (χ1) is 16.8. The van der Waals surface area contributed by atoms with E-state index in [-0.39, 0.29) is 23.8 Å². The molecule has 1 saturated heterocycles. The molecule has 1 N–H and O–H groups in total. The number of furan rings is 1. The monoisotopic (exact) mass is 493 g/mol. The summed E-state index contributed by atoms with van der Waals surface area (Å²) in [6, 6.07) is 4.62. The van der Waals surface area contributed by atoms with E-state index >= 15 is 0 Å². The number of ether oxygens (including phenoxy) is 1. The van der Waals surface area contributed by atoms with Gasteiger partial charge < -0.3 is 14.1 Å². The molecule has 13 heteroatoms. The average molecular weight is 493 g/mol. The van der Waals surface area contributed by atoms with Crippen LogP contribution in [0.1, 0.15) is 30.3 Å². The minimum atomic E-state index is -4.46. The second kappa shape index (κ2) is 9.13. The summed E-state index contributed by atoms with van der Waals surface area (Å²) in [5.74, 6) is -0.373. The molecule has 0 bridgehead atoms. The van der Waals surface area contributed by atoms with Crippen molar-refractivity contribution >= 4 is 16.8 Å². The Morgan fingerprint density at radius 3 is 2.74 bits per heavy atom. The average Bonchev–Trinajstić information content (AvgIpc) is 3.48. The molecule has 0 unspecified atom stereocenters. The van der Waals surface area contributed by atoms with E-state index < -0.39 is 24.4 Å². The first-order valence-electron chi connectivity index (χ1n) is 10.8. The first-order valence-corrected chi connectivity index (χ1v) is 10.8. The van der Waals surface area contributed by atoms with E-state index in [0.29, 0.717) is 54.2 Å². The quantitative estimate of drug-likeness (QED) is 0.399. The second-order valence-corrected chi connectivity index (χ2v) is 8.18. The summed E-state index contributed by atoms with van der Waals surface area (Å²) >= 11 is 0. The van der Waals surface area contributed by atoms with Gasteiger partial charge in [0.1, 0.15) is 12.3 Å². The Bertz CT molecular complexity index is 1390. The number of nitrogens with one attached hydrogen (secondary N) is 1. The van der Waals surface area contributed by atoms with Crippen molar-refractivity contribution in [2.24, 2.45) is 0 Å². The van der Waals surface area contributed by atoms with E-state index in [4.69, 9.17) is 9.15 Å². The van der Waals surface area contributed by atoms with Gasteiger partial charge in [0.05, 0.1) is 24.8 Å². The highest BCUT2D eigenvalue weighted by Crippen LogP contribution is 2.35. The maximum atomic E-state index is 14.6. The van der Waals surface area contributed by atoms with Crippen molar-refractivity contribution in [3.8, 4) is 11.3 Å². The van der Waals surface area contributed by atoms with Crippen molar-refractivity contribution in [3.05, 3.63) is 58.5 Å². The van der Waals surface area contributed by atoms with Crippen molar-refractivity contribution in [2.75, 3.05) is 24.6 Å². The van der Waals surface area contributed by atoms with Gasteiger partial charge in [0.2, 0.25) is 0 Å². The summed E-state index contributed by atoms with van der Waals surface area (Å²) in [6.45, 7) is -0.809. The summed E-state index contributed by atoms with van der Waals surface area (Å²) in [5, 5.41) is 4.30. The van der Waals surface area contributed by atoms with E-state index in [1.165, 1.54) is 18.5 Å². The number of benzene rings is 1. The molecule has 0 atom stereocenters. The predicted octanol–water partition coefficient (Wildman–Crippen LogP) is 4.17. The van der Waals surface area contributed by atoms with Crippen LogP contribution in [0, 0.1) is 5.82 Å². The van der Waals surface area contributed by atoms with Crippen LogP contribution in [0.15, 0.2) is 44.4 Å². The van der Waals surface area contributed by atoms with Crippen LogP contribution < -0.4 is 10.7 Å². The van der Waals surface area contributed by atoms with Crippen LogP contribution in [0.3, 0.4) is 0 Å². The topological polar surface area (TPSA) is 110 Å². The maximum Gasteiger partial charge on any atom is 0.438 e. The number of H-pyrrole nitrogens is 1. The van der Waals surface area contributed by atoms with Crippen LogP contribution in [0.2, 0.25) is 0 Å². The molecule has 1 aromatic carbocycles. The van der Waals surface area contributed by atoms with E-state index in [1.807, 2.05) is 4.90 Å². The van der Waals surface area contributed by atoms with Gasteiger partial charge in [-0.05, 0) is 31.0 Å². The van der Waals surface area contributed by atoms with E-state index in [2.05, 4.69) is 24.6 Å². The van der Waals surface area contributed by atoms with Crippen LogP contribution in [0.5, 0.6) is 0 Å². The van der Waals surface area contributed by atoms with Crippen LogP contribution in [-0.4, -0.2) is 46.0 Å². The number of aromatic nitrogens is 4. The lowest BCUT2D eigenvalue weighted by atomic mass is 9.96. The number of halogens is 4. The van der Waals surface area contributed by atoms with Gasteiger partial charge in [-0.2, -0.15) is 13.2 Å². The number of alkyl halides is 3. The van der Waals surface area contributed by atoms with Gasteiger partial charge in [-0.3, -0.25) is 14.5 Å². The fourth-order valence-corrected chi connectivity index (χ4v) is 4.14. The summed E-state index contributed by atoms with van der Waals surface area (Å²) in [5.41, 5.74) is 1.15. The maximum absolute atomic E-state index is 14.6. The molecule has 0 spiro atoms. The molecule has 3 aromatic heterocycles. The minimum absolute atomic E-state index is 0.0351. The van der Waals surface area contributed by atoms with Crippen molar-refractivity contribution < 1.29 is 31.2 Å². The molecule has 9 nitrogen and oxygen atoms in total. The van der Waals surface area contributed by atoms with Crippen molar-refractivity contribution in [3.63, 3.8) is 0 Å². The summed E-state index contributed by atoms with van der Waals surface area (Å²) in [7, 11) is 0. The second-order valence-electron chi connectivity index (χ2n) is 8.18. The minimum Gasteiger partial charge on any atom is -0.461 e. The number of anilines is 1. The number of piperidine rings is 1. The van der Waals surface area contributed by atoms with Crippen molar-refractivity contribution in [1.29, 1.82) is 0 Å². The Balaban J connectivity index is 1.45. The lowest BCUT2D eigenvalue weighted by Crippen LogP contribution is -2.34. The number of hydrogen-bond acceptors (Lipinski definition) is 8. The predicted molar refractivity (Wildman–Crippen MR) is 114 cm³/mol. The largest absolute Gasteiger partial charge is 0.461 e. The zero-order valence-electron chi connectivity index (χ0n) is 18.1. The molecule has 0 aliphatic carbocycles. The lowest BCUT2D eigenvalue weighted by molar-refractivity contribution is -0.176. The van der Waals surface area contributed by atoms with Gasteiger partial charge in [-0.15, -0.1) is 0 Å². The van der Waals surface area contributed by atoms with Gasteiger partial charge in [0.25, 0.3) is 0 Å². The first kappa shape index (κ1) is 23.0.